The van der Waals surface area contributed by atoms with Crippen molar-refractivity contribution >= 4 is 22.6 Å². The summed E-state index contributed by atoms with van der Waals surface area (Å²) in [5, 5.41) is 9.82. The van der Waals surface area contributed by atoms with Crippen LogP contribution >= 0.6 is 0 Å². The fraction of sp³-hybridized carbons (Fsp3) is 0.350. The van der Waals surface area contributed by atoms with Gasteiger partial charge in [0.05, 0.1) is 11.7 Å². The van der Waals surface area contributed by atoms with Gasteiger partial charge in [0.25, 0.3) is 5.91 Å². The smallest absolute Gasteiger partial charge is 0.254 e. The molecule has 3 aromatic rings. The second-order valence-corrected chi connectivity index (χ2v) is 7.35. The molecule has 1 aliphatic heterocycles. The van der Waals surface area contributed by atoms with Gasteiger partial charge < -0.3 is 14.8 Å². The van der Waals surface area contributed by atoms with Crippen LogP contribution in [0.3, 0.4) is 0 Å². The Bertz CT molecular complexity index is 954. The second kappa shape index (κ2) is 5.83. The average Bonchev–Trinajstić information content (AvgIpc) is 3.37. The zero-order valence-corrected chi connectivity index (χ0v) is 14.7. The van der Waals surface area contributed by atoms with E-state index in [0.29, 0.717) is 5.92 Å². The zero-order valence-electron chi connectivity index (χ0n) is 14.7. The Balaban J connectivity index is 1.24. The van der Waals surface area contributed by atoms with E-state index in [-0.39, 0.29) is 11.9 Å². The average molecular weight is 347 g/mol. The van der Waals surface area contributed by atoms with Gasteiger partial charge in [0.2, 0.25) is 0 Å². The maximum Gasteiger partial charge on any atom is 0.254 e. The van der Waals surface area contributed by atoms with Crippen LogP contribution < -0.4 is 4.90 Å². The first-order valence-corrected chi connectivity index (χ1v) is 9.12. The lowest BCUT2D eigenvalue weighted by Crippen LogP contribution is -2.60. The maximum absolute atomic E-state index is 12.8. The van der Waals surface area contributed by atoms with E-state index >= 15 is 0 Å². The highest BCUT2D eigenvalue weighted by molar-refractivity contribution is 5.98. The molecule has 132 valence electrons. The number of fused-ring (bicyclic) bond motifs is 1. The van der Waals surface area contributed by atoms with Crippen molar-refractivity contribution in [1.29, 1.82) is 0 Å². The molecule has 2 fully saturated rings. The fourth-order valence-electron chi connectivity index (χ4n) is 3.54. The van der Waals surface area contributed by atoms with Gasteiger partial charge in [0.1, 0.15) is 0 Å². The standard InChI is InChI=1S/C20H21N5O/c1-24(20(26)15-5-4-14-8-9-21-18(14)10-15)16-11-25(12-16)19-7-6-17(22-23-19)13-2-3-13/h4-10,13,16,21H,2-3,11-12H2,1H3. The Morgan fingerprint density at radius 1 is 1.15 bits per heavy atom. The third-order valence-electron chi connectivity index (χ3n) is 5.52. The van der Waals surface area contributed by atoms with E-state index in [9.17, 15) is 4.79 Å². The number of aromatic amines is 1. The molecule has 26 heavy (non-hydrogen) atoms. The monoisotopic (exact) mass is 347 g/mol. The number of benzene rings is 1. The lowest BCUT2D eigenvalue weighted by Gasteiger charge is -2.44. The van der Waals surface area contributed by atoms with Crippen molar-refractivity contribution in [2.24, 2.45) is 0 Å². The minimum absolute atomic E-state index is 0.0568. The molecule has 0 spiro atoms. The minimum atomic E-state index is 0.0568. The van der Waals surface area contributed by atoms with Gasteiger partial charge in [-0.25, -0.2) is 0 Å². The molecule has 0 bridgehead atoms. The molecule has 2 aliphatic rings. The molecule has 6 heteroatoms. The van der Waals surface area contributed by atoms with Crippen LogP contribution in [0.2, 0.25) is 0 Å². The van der Waals surface area contributed by atoms with Crippen LogP contribution in [0, 0.1) is 0 Å². The van der Waals surface area contributed by atoms with Gasteiger partial charge in [-0.2, -0.15) is 5.10 Å². The Kier molecular flexibility index (Phi) is 3.45. The van der Waals surface area contributed by atoms with Crippen molar-refractivity contribution in [2.75, 3.05) is 25.0 Å². The van der Waals surface area contributed by atoms with Crippen LogP contribution in [0.1, 0.15) is 34.8 Å². The predicted octanol–water partition coefficient (Wildman–Crippen LogP) is 2.80. The molecule has 1 amide bonds. The number of hydrogen-bond donors (Lipinski definition) is 1. The third kappa shape index (κ3) is 2.62. The first-order chi connectivity index (χ1) is 12.7. The molecular formula is C20H21N5O. The van der Waals surface area contributed by atoms with Crippen molar-refractivity contribution in [3.63, 3.8) is 0 Å². The number of anilines is 1. The summed E-state index contributed by atoms with van der Waals surface area (Å²) in [5.74, 6) is 1.59. The van der Waals surface area contributed by atoms with Crippen molar-refractivity contribution in [3.8, 4) is 0 Å². The number of H-pyrrole nitrogens is 1. The number of nitrogens with one attached hydrogen (secondary N) is 1. The van der Waals surface area contributed by atoms with Crippen LogP contribution in [-0.2, 0) is 0 Å². The number of carbonyl (C=O) groups is 1. The highest BCUT2D eigenvalue weighted by Gasteiger charge is 2.34. The second-order valence-electron chi connectivity index (χ2n) is 7.35. The van der Waals surface area contributed by atoms with Crippen molar-refractivity contribution in [3.05, 3.63) is 53.9 Å². The van der Waals surface area contributed by atoms with E-state index in [1.807, 2.05) is 42.4 Å². The first kappa shape index (κ1) is 15.4. The molecule has 5 rings (SSSR count). The number of hydrogen-bond acceptors (Lipinski definition) is 4. The van der Waals surface area contributed by atoms with Crippen LogP contribution in [-0.4, -0.2) is 52.2 Å². The van der Waals surface area contributed by atoms with E-state index < -0.39 is 0 Å². The number of aromatic nitrogens is 3. The molecule has 1 saturated heterocycles. The molecule has 0 radical (unpaired) electrons. The lowest BCUT2D eigenvalue weighted by atomic mass is 10.1. The summed E-state index contributed by atoms with van der Waals surface area (Å²) in [4.78, 5) is 20.0. The summed E-state index contributed by atoms with van der Waals surface area (Å²) in [6.07, 6.45) is 4.37. The van der Waals surface area contributed by atoms with Gasteiger partial charge in [-0.15, -0.1) is 5.10 Å². The van der Waals surface area contributed by atoms with Gasteiger partial charge >= 0.3 is 0 Å². The quantitative estimate of drug-likeness (QED) is 0.788. The van der Waals surface area contributed by atoms with Crippen LogP contribution in [0.25, 0.3) is 10.9 Å². The summed E-state index contributed by atoms with van der Waals surface area (Å²) in [5.41, 5.74) is 2.82. The topological polar surface area (TPSA) is 65.1 Å². The van der Waals surface area contributed by atoms with Crippen LogP contribution in [0.4, 0.5) is 5.82 Å². The summed E-state index contributed by atoms with van der Waals surface area (Å²) in [6, 6.07) is 12.2. The van der Waals surface area contributed by atoms with E-state index in [4.69, 9.17) is 0 Å². The van der Waals surface area contributed by atoms with Gasteiger partial charge in [-0.05, 0) is 48.6 Å². The first-order valence-electron chi connectivity index (χ1n) is 9.12. The SMILES string of the molecule is CN(C(=O)c1ccc2cc[nH]c2c1)C1CN(c2ccc(C3CC3)nn2)C1. The summed E-state index contributed by atoms with van der Waals surface area (Å²) in [7, 11) is 1.88. The summed E-state index contributed by atoms with van der Waals surface area (Å²) in [6.45, 7) is 1.59. The molecule has 0 unspecified atom stereocenters. The van der Waals surface area contributed by atoms with Gasteiger partial charge in [0, 0.05) is 43.3 Å². The number of rotatable bonds is 4. The fourth-order valence-corrected chi connectivity index (χ4v) is 3.54. The normalized spacial score (nSPS) is 17.3. The largest absolute Gasteiger partial charge is 0.361 e. The van der Waals surface area contributed by atoms with E-state index in [1.54, 1.807) is 0 Å². The molecule has 3 heterocycles. The molecule has 1 saturated carbocycles. The highest BCUT2D eigenvalue weighted by atomic mass is 16.2. The third-order valence-corrected chi connectivity index (χ3v) is 5.52. The summed E-state index contributed by atoms with van der Waals surface area (Å²) >= 11 is 0. The predicted molar refractivity (Wildman–Crippen MR) is 100 cm³/mol. The molecule has 1 aliphatic carbocycles. The Labute approximate surface area is 151 Å². The van der Waals surface area contributed by atoms with Crippen molar-refractivity contribution < 1.29 is 4.79 Å². The molecule has 6 nitrogen and oxygen atoms in total. The van der Waals surface area contributed by atoms with E-state index in [0.717, 1.165) is 41.1 Å². The van der Waals surface area contributed by atoms with Gasteiger partial charge in [0.15, 0.2) is 5.82 Å². The molecule has 1 N–H and O–H groups in total. The molecule has 0 atom stereocenters. The number of amides is 1. The number of nitrogens with zero attached hydrogens (tertiary/aromatic N) is 4. The van der Waals surface area contributed by atoms with Crippen molar-refractivity contribution in [1.82, 2.24) is 20.1 Å². The van der Waals surface area contributed by atoms with E-state index in [1.165, 1.54) is 12.8 Å². The number of likely N-dealkylation sites (N-methyl/N-ethyl adjacent to an activating group) is 1. The Morgan fingerprint density at radius 3 is 2.73 bits per heavy atom. The van der Waals surface area contributed by atoms with E-state index in [2.05, 4.69) is 32.2 Å². The number of carbonyl (C=O) groups excluding carboxylic acids is 1. The Morgan fingerprint density at radius 2 is 2.00 bits per heavy atom. The highest BCUT2D eigenvalue weighted by Crippen LogP contribution is 2.38. The molecule has 2 aromatic heterocycles. The van der Waals surface area contributed by atoms with Crippen LogP contribution in [0.5, 0.6) is 0 Å². The summed E-state index contributed by atoms with van der Waals surface area (Å²) < 4.78 is 0. The lowest BCUT2D eigenvalue weighted by molar-refractivity contribution is 0.0705. The maximum atomic E-state index is 12.8. The molecule has 1 aromatic carbocycles. The van der Waals surface area contributed by atoms with Gasteiger partial charge in [-0.3, -0.25) is 4.79 Å². The minimum Gasteiger partial charge on any atom is -0.361 e. The molecular weight excluding hydrogens is 326 g/mol. The van der Waals surface area contributed by atoms with Crippen molar-refractivity contribution in [2.45, 2.75) is 24.8 Å². The Hall–Kier alpha value is -2.89. The van der Waals surface area contributed by atoms with Crippen LogP contribution in [0.15, 0.2) is 42.6 Å². The zero-order chi connectivity index (χ0) is 17.7. The van der Waals surface area contributed by atoms with Gasteiger partial charge in [-0.1, -0.05) is 6.07 Å².